The third-order valence-corrected chi connectivity index (χ3v) is 4.11. The van der Waals surface area contributed by atoms with Crippen LogP contribution in [0.15, 0.2) is 0 Å². The molecular weight excluding hydrogens is 274 g/mol. The van der Waals surface area contributed by atoms with E-state index in [1.165, 1.54) is 6.92 Å². The van der Waals surface area contributed by atoms with Gasteiger partial charge in [0.1, 0.15) is 12.2 Å². The van der Waals surface area contributed by atoms with E-state index in [1.807, 2.05) is 20.8 Å². The van der Waals surface area contributed by atoms with Crippen LogP contribution < -0.4 is 5.32 Å². The van der Waals surface area contributed by atoms with Gasteiger partial charge in [0.15, 0.2) is 5.79 Å². The van der Waals surface area contributed by atoms with Crippen molar-refractivity contribution in [2.45, 2.75) is 65.1 Å². The van der Waals surface area contributed by atoms with Crippen molar-refractivity contribution >= 4 is 11.9 Å². The third kappa shape index (κ3) is 3.37. The minimum atomic E-state index is -0.763. The van der Waals surface area contributed by atoms with Gasteiger partial charge in [-0.3, -0.25) is 9.59 Å². The van der Waals surface area contributed by atoms with E-state index in [-0.39, 0.29) is 42.0 Å². The molecule has 2 fully saturated rings. The van der Waals surface area contributed by atoms with Crippen LogP contribution in [0, 0.1) is 11.8 Å². The molecule has 1 heterocycles. The van der Waals surface area contributed by atoms with E-state index >= 15 is 0 Å². The fourth-order valence-electron chi connectivity index (χ4n) is 3.35. The molecule has 0 aromatic carbocycles. The molecule has 120 valence electrons. The van der Waals surface area contributed by atoms with E-state index in [2.05, 4.69) is 5.32 Å². The first-order valence-electron chi connectivity index (χ1n) is 7.54. The zero-order chi connectivity index (χ0) is 15.8. The van der Waals surface area contributed by atoms with Gasteiger partial charge in [-0.1, -0.05) is 6.92 Å². The zero-order valence-corrected chi connectivity index (χ0v) is 13.3. The van der Waals surface area contributed by atoms with E-state index in [0.717, 1.165) is 0 Å². The highest BCUT2D eigenvalue weighted by molar-refractivity contribution is 5.75. The first-order chi connectivity index (χ1) is 9.75. The SMILES string of the molecule is CCOC(=O)C1C[C@H](C)[C@@H](NC(C)=O)[C@@H]2OC(C)(C)O[C@H]12. The van der Waals surface area contributed by atoms with Crippen molar-refractivity contribution in [3.8, 4) is 0 Å². The molecule has 0 aromatic rings. The molecule has 1 unspecified atom stereocenters. The van der Waals surface area contributed by atoms with Gasteiger partial charge >= 0.3 is 5.97 Å². The van der Waals surface area contributed by atoms with E-state index in [4.69, 9.17) is 14.2 Å². The molecule has 0 aromatic heterocycles. The molecule has 0 radical (unpaired) electrons. The van der Waals surface area contributed by atoms with Crippen LogP contribution in [-0.2, 0) is 23.8 Å². The summed E-state index contributed by atoms with van der Waals surface area (Å²) in [6.07, 6.45) is -0.0983. The molecule has 1 saturated carbocycles. The Hall–Kier alpha value is -1.14. The number of hydrogen-bond acceptors (Lipinski definition) is 5. The minimum Gasteiger partial charge on any atom is -0.466 e. The van der Waals surface area contributed by atoms with Crippen LogP contribution in [0.1, 0.15) is 41.0 Å². The summed E-state index contributed by atoms with van der Waals surface area (Å²) in [4.78, 5) is 23.6. The average Bonchev–Trinajstić information content (AvgIpc) is 2.68. The van der Waals surface area contributed by atoms with Gasteiger partial charge in [0.2, 0.25) is 5.91 Å². The summed E-state index contributed by atoms with van der Waals surface area (Å²) in [7, 11) is 0. The maximum absolute atomic E-state index is 12.2. The van der Waals surface area contributed by atoms with Crippen molar-refractivity contribution in [1.29, 1.82) is 0 Å². The number of fused-ring (bicyclic) bond motifs is 1. The summed E-state index contributed by atoms with van der Waals surface area (Å²) in [5, 5.41) is 2.94. The van der Waals surface area contributed by atoms with Crippen LogP contribution in [0.5, 0.6) is 0 Å². The molecule has 5 atom stereocenters. The number of esters is 1. The number of hydrogen-bond donors (Lipinski definition) is 1. The Bertz CT molecular complexity index is 422. The summed E-state index contributed by atoms with van der Waals surface area (Å²) in [6.45, 7) is 9.28. The Kier molecular flexibility index (Phi) is 4.58. The molecule has 6 nitrogen and oxygen atoms in total. The molecule has 1 amide bonds. The monoisotopic (exact) mass is 299 g/mol. The summed E-state index contributed by atoms with van der Waals surface area (Å²) < 4.78 is 17.0. The second-order valence-corrected chi connectivity index (χ2v) is 6.36. The molecule has 1 aliphatic carbocycles. The third-order valence-electron chi connectivity index (χ3n) is 4.11. The van der Waals surface area contributed by atoms with Crippen molar-refractivity contribution in [3.05, 3.63) is 0 Å². The number of amides is 1. The summed E-state index contributed by atoms with van der Waals surface area (Å²) >= 11 is 0. The molecule has 2 rings (SSSR count). The summed E-state index contributed by atoms with van der Waals surface area (Å²) in [6, 6.07) is -0.153. The Morgan fingerprint density at radius 1 is 1.29 bits per heavy atom. The van der Waals surface area contributed by atoms with Crippen molar-refractivity contribution in [3.63, 3.8) is 0 Å². The molecule has 0 bridgehead atoms. The molecule has 1 aliphatic heterocycles. The van der Waals surface area contributed by atoms with E-state index in [0.29, 0.717) is 13.0 Å². The highest BCUT2D eigenvalue weighted by atomic mass is 16.8. The number of nitrogens with one attached hydrogen (secondary N) is 1. The number of carbonyl (C=O) groups excluding carboxylic acids is 2. The Morgan fingerprint density at radius 2 is 1.90 bits per heavy atom. The van der Waals surface area contributed by atoms with Crippen LogP contribution in [-0.4, -0.2) is 42.5 Å². The first kappa shape index (κ1) is 16.2. The van der Waals surface area contributed by atoms with Crippen molar-refractivity contribution in [2.24, 2.45) is 11.8 Å². The number of ether oxygens (including phenoxy) is 3. The number of carbonyl (C=O) groups is 2. The quantitative estimate of drug-likeness (QED) is 0.793. The minimum absolute atomic E-state index is 0.103. The van der Waals surface area contributed by atoms with Crippen LogP contribution in [0.3, 0.4) is 0 Å². The first-order valence-corrected chi connectivity index (χ1v) is 7.54. The van der Waals surface area contributed by atoms with E-state index in [9.17, 15) is 9.59 Å². The topological polar surface area (TPSA) is 73.9 Å². The molecular formula is C15H25NO5. The highest BCUT2D eigenvalue weighted by Crippen LogP contribution is 2.42. The lowest BCUT2D eigenvalue weighted by Gasteiger charge is -2.40. The predicted molar refractivity (Wildman–Crippen MR) is 75.3 cm³/mol. The molecule has 21 heavy (non-hydrogen) atoms. The van der Waals surface area contributed by atoms with Crippen molar-refractivity contribution in [2.75, 3.05) is 6.61 Å². The second-order valence-electron chi connectivity index (χ2n) is 6.36. The lowest BCUT2D eigenvalue weighted by molar-refractivity contribution is -0.163. The van der Waals surface area contributed by atoms with Gasteiger partial charge in [-0.25, -0.2) is 0 Å². The number of rotatable bonds is 3. The largest absolute Gasteiger partial charge is 0.466 e. The maximum atomic E-state index is 12.2. The lowest BCUT2D eigenvalue weighted by Crippen LogP contribution is -2.57. The average molecular weight is 299 g/mol. The van der Waals surface area contributed by atoms with Gasteiger partial charge < -0.3 is 19.5 Å². The van der Waals surface area contributed by atoms with E-state index < -0.39 is 5.79 Å². The van der Waals surface area contributed by atoms with Crippen LogP contribution >= 0.6 is 0 Å². The van der Waals surface area contributed by atoms with Crippen molar-refractivity contribution < 1.29 is 23.8 Å². The normalized spacial score (nSPS) is 37.7. The predicted octanol–water partition coefficient (Wildman–Crippen LogP) is 1.23. The summed E-state index contributed by atoms with van der Waals surface area (Å²) in [5.74, 6) is -1.35. The van der Waals surface area contributed by atoms with Gasteiger partial charge in [-0.15, -0.1) is 0 Å². The van der Waals surface area contributed by atoms with Crippen molar-refractivity contribution in [1.82, 2.24) is 5.32 Å². The summed E-state index contributed by atoms with van der Waals surface area (Å²) in [5.41, 5.74) is 0. The maximum Gasteiger partial charge on any atom is 0.311 e. The van der Waals surface area contributed by atoms with Crippen LogP contribution in [0.2, 0.25) is 0 Å². The zero-order valence-electron chi connectivity index (χ0n) is 13.3. The van der Waals surface area contributed by atoms with Crippen LogP contribution in [0.25, 0.3) is 0 Å². The van der Waals surface area contributed by atoms with Gasteiger partial charge in [-0.2, -0.15) is 0 Å². The fraction of sp³-hybridized carbons (Fsp3) is 0.867. The molecule has 1 N–H and O–H groups in total. The van der Waals surface area contributed by atoms with Gasteiger partial charge in [0, 0.05) is 6.92 Å². The van der Waals surface area contributed by atoms with E-state index in [1.54, 1.807) is 6.92 Å². The molecule has 2 aliphatic rings. The van der Waals surface area contributed by atoms with Gasteiger partial charge in [-0.05, 0) is 33.1 Å². The second kappa shape index (κ2) is 5.93. The van der Waals surface area contributed by atoms with Gasteiger partial charge in [0.05, 0.1) is 18.6 Å². The lowest BCUT2D eigenvalue weighted by atomic mass is 9.75. The highest BCUT2D eigenvalue weighted by Gasteiger charge is 2.55. The smallest absolute Gasteiger partial charge is 0.311 e. The van der Waals surface area contributed by atoms with Crippen LogP contribution in [0.4, 0.5) is 0 Å². The standard InChI is InChI=1S/C15H25NO5/c1-6-19-14(18)10-7-8(2)11(16-9(3)17)13-12(10)20-15(4,5)21-13/h8,10-13H,6-7H2,1-5H3,(H,16,17)/t8-,10?,11+,12+,13-/m0/s1. The van der Waals surface area contributed by atoms with Gasteiger partial charge in [0.25, 0.3) is 0 Å². The molecule has 1 saturated heterocycles. The fourth-order valence-corrected chi connectivity index (χ4v) is 3.35. The molecule has 6 heteroatoms. The molecule has 0 spiro atoms. The Morgan fingerprint density at radius 3 is 2.48 bits per heavy atom. The Labute approximate surface area is 125 Å². The Balaban J connectivity index is 2.23.